The van der Waals surface area contributed by atoms with E-state index in [1.807, 2.05) is 38.1 Å². The molecular weight excluding hydrogens is 254 g/mol. The molecule has 1 aromatic carbocycles. The average molecular weight is 275 g/mol. The molecule has 5 heteroatoms. The van der Waals surface area contributed by atoms with Gasteiger partial charge in [0.15, 0.2) is 0 Å². The zero-order valence-corrected chi connectivity index (χ0v) is 12.1. The summed E-state index contributed by atoms with van der Waals surface area (Å²) in [4.78, 5) is 0. The van der Waals surface area contributed by atoms with E-state index >= 15 is 0 Å². The topological polar surface area (TPSA) is 70.2 Å². The highest BCUT2D eigenvalue weighted by atomic mass is 16.5. The summed E-state index contributed by atoms with van der Waals surface area (Å²) < 4.78 is 5.25. The standard InChI is InChI=1S/C15H21N3O2/c1-10-13(11(2)18-17-10)8-16-9-14(19)12-6-4-5-7-15(12)20-3/h4-7,14,16,19H,8-9H2,1-3H3,(H,17,18). The second-order valence-corrected chi connectivity index (χ2v) is 4.80. The Bertz CT molecular complexity index is 546. The molecule has 0 aliphatic carbocycles. The summed E-state index contributed by atoms with van der Waals surface area (Å²) in [6.45, 7) is 5.11. The lowest BCUT2D eigenvalue weighted by molar-refractivity contribution is 0.170. The maximum atomic E-state index is 10.2. The molecule has 1 aromatic heterocycles. The maximum absolute atomic E-state index is 10.2. The molecule has 0 aliphatic heterocycles. The van der Waals surface area contributed by atoms with Crippen LogP contribution < -0.4 is 10.1 Å². The van der Waals surface area contributed by atoms with Crippen molar-refractivity contribution in [2.45, 2.75) is 26.5 Å². The number of aliphatic hydroxyl groups is 1. The average Bonchev–Trinajstić information content (AvgIpc) is 2.78. The third kappa shape index (κ3) is 3.18. The Morgan fingerprint density at radius 1 is 1.35 bits per heavy atom. The van der Waals surface area contributed by atoms with Crippen molar-refractivity contribution in [2.75, 3.05) is 13.7 Å². The van der Waals surface area contributed by atoms with Gasteiger partial charge >= 0.3 is 0 Å². The van der Waals surface area contributed by atoms with Gasteiger partial charge in [-0.15, -0.1) is 0 Å². The molecule has 0 radical (unpaired) electrons. The monoisotopic (exact) mass is 275 g/mol. The molecular formula is C15H21N3O2. The molecule has 0 amide bonds. The van der Waals surface area contributed by atoms with Crippen molar-refractivity contribution >= 4 is 0 Å². The van der Waals surface area contributed by atoms with Gasteiger partial charge in [-0.05, 0) is 19.9 Å². The fourth-order valence-electron chi connectivity index (χ4n) is 2.22. The van der Waals surface area contributed by atoms with Crippen LogP contribution in [0.1, 0.15) is 28.6 Å². The van der Waals surface area contributed by atoms with E-state index in [1.165, 1.54) is 0 Å². The van der Waals surface area contributed by atoms with Crippen LogP contribution in [0.3, 0.4) is 0 Å². The van der Waals surface area contributed by atoms with E-state index in [1.54, 1.807) is 7.11 Å². The van der Waals surface area contributed by atoms with Crippen molar-refractivity contribution in [1.82, 2.24) is 15.5 Å². The second kappa shape index (κ2) is 6.54. The van der Waals surface area contributed by atoms with Crippen molar-refractivity contribution in [2.24, 2.45) is 0 Å². The third-order valence-electron chi connectivity index (χ3n) is 3.42. The van der Waals surface area contributed by atoms with Gasteiger partial charge in [0.1, 0.15) is 5.75 Å². The Hall–Kier alpha value is -1.85. The lowest BCUT2D eigenvalue weighted by Gasteiger charge is -2.15. The van der Waals surface area contributed by atoms with E-state index in [0.29, 0.717) is 18.8 Å². The molecule has 2 aromatic rings. The second-order valence-electron chi connectivity index (χ2n) is 4.80. The number of ether oxygens (including phenoxy) is 1. The molecule has 1 heterocycles. The smallest absolute Gasteiger partial charge is 0.124 e. The first-order valence-corrected chi connectivity index (χ1v) is 6.65. The summed E-state index contributed by atoms with van der Waals surface area (Å²) in [6, 6.07) is 7.51. The summed E-state index contributed by atoms with van der Waals surface area (Å²) in [6.07, 6.45) is -0.598. The fraction of sp³-hybridized carbons (Fsp3) is 0.400. The number of aryl methyl sites for hydroxylation is 2. The molecule has 3 N–H and O–H groups in total. The van der Waals surface area contributed by atoms with Gasteiger partial charge in [0.2, 0.25) is 0 Å². The van der Waals surface area contributed by atoms with Crippen molar-refractivity contribution in [3.05, 3.63) is 46.8 Å². The number of nitrogens with zero attached hydrogens (tertiary/aromatic N) is 1. The minimum atomic E-state index is -0.598. The highest BCUT2D eigenvalue weighted by molar-refractivity contribution is 5.35. The molecule has 0 aliphatic rings. The Labute approximate surface area is 119 Å². The number of hydrogen-bond donors (Lipinski definition) is 3. The van der Waals surface area contributed by atoms with Gasteiger partial charge in [0, 0.05) is 29.9 Å². The number of aromatic amines is 1. The highest BCUT2D eigenvalue weighted by Crippen LogP contribution is 2.24. The van der Waals surface area contributed by atoms with Gasteiger partial charge in [0.05, 0.1) is 18.9 Å². The van der Waals surface area contributed by atoms with Crippen LogP contribution in [0.2, 0.25) is 0 Å². The van der Waals surface area contributed by atoms with Crippen molar-refractivity contribution < 1.29 is 9.84 Å². The predicted molar refractivity (Wildman–Crippen MR) is 77.7 cm³/mol. The number of para-hydroxylation sites is 1. The van der Waals surface area contributed by atoms with Crippen LogP contribution in [-0.4, -0.2) is 29.0 Å². The van der Waals surface area contributed by atoms with Crippen LogP contribution in [0.25, 0.3) is 0 Å². The zero-order valence-electron chi connectivity index (χ0n) is 12.1. The molecule has 5 nitrogen and oxygen atoms in total. The van der Waals surface area contributed by atoms with Gasteiger partial charge in [-0.25, -0.2) is 0 Å². The Kier molecular flexibility index (Phi) is 4.76. The minimum Gasteiger partial charge on any atom is -0.496 e. The molecule has 1 unspecified atom stereocenters. The summed E-state index contributed by atoms with van der Waals surface area (Å²) >= 11 is 0. The number of aliphatic hydroxyl groups excluding tert-OH is 1. The quantitative estimate of drug-likeness (QED) is 0.752. The van der Waals surface area contributed by atoms with E-state index in [-0.39, 0.29) is 0 Å². The van der Waals surface area contributed by atoms with E-state index < -0.39 is 6.10 Å². The molecule has 0 saturated carbocycles. The number of hydrogen-bond acceptors (Lipinski definition) is 4. The normalized spacial score (nSPS) is 12.4. The Morgan fingerprint density at radius 3 is 2.75 bits per heavy atom. The number of aromatic nitrogens is 2. The fourth-order valence-corrected chi connectivity index (χ4v) is 2.22. The first-order chi connectivity index (χ1) is 9.63. The van der Waals surface area contributed by atoms with Crippen LogP contribution in [0.15, 0.2) is 24.3 Å². The first-order valence-electron chi connectivity index (χ1n) is 6.65. The van der Waals surface area contributed by atoms with Crippen molar-refractivity contribution in [3.8, 4) is 5.75 Å². The van der Waals surface area contributed by atoms with E-state index in [2.05, 4.69) is 15.5 Å². The molecule has 0 bridgehead atoms. The number of H-pyrrole nitrogens is 1. The summed E-state index contributed by atoms with van der Waals surface area (Å²) in [5, 5.41) is 20.6. The molecule has 1 atom stereocenters. The number of rotatable bonds is 6. The number of nitrogens with one attached hydrogen (secondary N) is 2. The van der Waals surface area contributed by atoms with Gasteiger partial charge in [0.25, 0.3) is 0 Å². The predicted octanol–water partition coefficient (Wildman–Crippen LogP) is 1.86. The lowest BCUT2D eigenvalue weighted by Crippen LogP contribution is -2.22. The zero-order chi connectivity index (χ0) is 14.5. The molecule has 0 saturated heterocycles. The highest BCUT2D eigenvalue weighted by Gasteiger charge is 2.13. The molecule has 20 heavy (non-hydrogen) atoms. The lowest BCUT2D eigenvalue weighted by atomic mass is 10.1. The number of benzene rings is 1. The Morgan fingerprint density at radius 2 is 2.10 bits per heavy atom. The van der Waals surface area contributed by atoms with Crippen LogP contribution in [0, 0.1) is 13.8 Å². The first kappa shape index (κ1) is 14.6. The summed E-state index contributed by atoms with van der Waals surface area (Å²) in [5.41, 5.74) is 3.99. The SMILES string of the molecule is COc1ccccc1C(O)CNCc1c(C)n[nH]c1C. The van der Waals surface area contributed by atoms with Crippen LogP contribution >= 0.6 is 0 Å². The number of methoxy groups -OCH3 is 1. The minimum absolute atomic E-state index is 0.463. The molecule has 0 spiro atoms. The van der Waals surface area contributed by atoms with E-state index in [0.717, 1.165) is 22.5 Å². The maximum Gasteiger partial charge on any atom is 0.124 e. The van der Waals surface area contributed by atoms with E-state index in [4.69, 9.17) is 4.74 Å². The van der Waals surface area contributed by atoms with Crippen LogP contribution in [0.5, 0.6) is 5.75 Å². The van der Waals surface area contributed by atoms with Gasteiger partial charge < -0.3 is 15.2 Å². The van der Waals surface area contributed by atoms with Crippen LogP contribution in [-0.2, 0) is 6.54 Å². The summed E-state index contributed by atoms with van der Waals surface area (Å²) in [7, 11) is 1.61. The molecule has 0 fully saturated rings. The summed E-state index contributed by atoms with van der Waals surface area (Å²) in [5.74, 6) is 0.706. The largest absolute Gasteiger partial charge is 0.496 e. The Balaban J connectivity index is 1.94. The van der Waals surface area contributed by atoms with Gasteiger partial charge in [-0.3, -0.25) is 5.10 Å². The van der Waals surface area contributed by atoms with Gasteiger partial charge in [-0.2, -0.15) is 5.10 Å². The van der Waals surface area contributed by atoms with Crippen molar-refractivity contribution in [1.29, 1.82) is 0 Å². The third-order valence-corrected chi connectivity index (χ3v) is 3.42. The van der Waals surface area contributed by atoms with Crippen molar-refractivity contribution in [3.63, 3.8) is 0 Å². The van der Waals surface area contributed by atoms with Gasteiger partial charge in [-0.1, -0.05) is 18.2 Å². The molecule has 108 valence electrons. The van der Waals surface area contributed by atoms with Crippen LogP contribution in [0.4, 0.5) is 0 Å². The van der Waals surface area contributed by atoms with E-state index in [9.17, 15) is 5.11 Å². The molecule has 2 rings (SSSR count).